The summed E-state index contributed by atoms with van der Waals surface area (Å²) >= 11 is 0. The second-order valence-corrected chi connectivity index (χ2v) is 3.81. The van der Waals surface area contributed by atoms with Crippen molar-refractivity contribution in [3.8, 4) is 11.8 Å². The van der Waals surface area contributed by atoms with Gasteiger partial charge in [-0.15, -0.1) is 0 Å². The molecule has 0 rings (SSSR count). The quantitative estimate of drug-likeness (QED) is 0.359. The monoisotopic (exact) mass is 214 g/mol. The van der Waals surface area contributed by atoms with Gasteiger partial charge in [0.05, 0.1) is 33.4 Å². The standard InChI is InChI=1S/C12H24NO2/c1-5-13(3,6-2)9-7-8-10-15-12-11-14-4/h5-6,9-12H2,1-4H3/q+1. The summed E-state index contributed by atoms with van der Waals surface area (Å²) in [5.41, 5.74) is 0. The van der Waals surface area contributed by atoms with E-state index in [0.717, 1.165) is 24.1 Å². The molecule has 0 fully saturated rings. The molecule has 0 aromatic rings. The zero-order valence-electron chi connectivity index (χ0n) is 10.5. The van der Waals surface area contributed by atoms with E-state index in [0.29, 0.717) is 19.8 Å². The van der Waals surface area contributed by atoms with Crippen molar-refractivity contribution in [1.82, 2.24) is 0 Å². The smallest absolute Gasteiger partial charge is 0.140 e. The van der Waals surface area contributed by atoms with Crippen molar-refractivity contribution in [3.05, 3.63) is 0 Å². The highest BCUT2D eigenvalue weighted by molar-refractivity contribution is 4.99. The summed E-state index contributed by atoms with van der Waals surface area (Å²) in [6.07, 6.45) is 0. The fraction of sp³-hybridized carbons (Fsp3) is 0.833. The van der Waals surface area contributed by atoms with Gasteiger partial charge in [-0.25, -0.2) is 0 Å². The summed E-state index contributed by atoms with van der Waals surface area (Å²) in [6, 6.07) is 0. The van der Waals surface area contributed by atoms with Gasteiger partial charge in [-0.3, -0.25) is 0 Å². The van der Waals surface area contributed by atoms with Crippen LogP contribution in [0.5, 0.6) is 0 Å². The Hall–Kier alpha value is -0.560. The lowest BCUT2D eigenvalue weighted by molar-refractivity contribution is -0.899. The van der Waals surface area contributed by atoms with Gasteiger partial charge in [-0.1, -0.05) is 5.92 Å². The Kier molecular flexibility index (Phi) is 8.40. The normalized spacial score (nSPS) is 10.9. The van der Waals surface area contributed by atoms with Crippen molar-refractivity contribution < 1.29 is 14.0 Å². The molecule has 0 atom stereocenters. The highest BCUT2D eigenvalue weighted by Crippen LogP contribution is 1.98. The highest BCUT2D eigenvalue weighted by Gasteiger charge is 2.13. The minimum atomic E-state index is 0.511. The molecule has 0 aliphatic carbocycles. The summed E-state index contributed by atoms with van der Waals surface area (Å²) < 4.78 is 11.1. The molecule has 0 saturated heterocycles. The number of quaternary nitrogens is 1. The lowest BCUT2D eigenvalue weighted by Gasteiger charge is -2.29. The number of rotatable bonds is 7. The number of ether oxygens (including phenoxy) is 2. The maximum absolute atomic E-state index is 5.25. The first-order valence-electron chi connectivity index (χ1n) is 5.54. The number of hydrogen-bond acceptors (Lipinski definition) is 2. The Labute approximate surface area is 93.9 Å². The van der Waals surface area contributed by atoms with Gasteiger partial charge in [0.25, 0.3) is 0 Å². The number of nitrogens with zero attached hydrogens (tertiary/aromatic N) is 1. The van der Waals surface area contributed by atoms with Crippen LogP contribution in [0.25, 0.3) is 0 Å². The van der Waals surface area contributed by atoms with Crippen LogP contribution in [0.15, 0.2) is 0 Å². The Bertz CT molecular complexity index is 201. The van der Waals surface area contributed by atoms with E-state index < -0.39 is 0 Å². The molecule has 0 aliphatic rings. The maximum Gasteiger partial charge on any atom is 0.140 e. The van der Waals surface area contributed by atoms with Crippen molar-refractivity contribution in [2.24, 2.45) is 0 Å². The lowest BCUT2D eigenvalue weighted by Crippen LogP contribution is -2.43. The number of methoxy groups -OCH3 is 1. The van der Waals surface area contributed by atoms with Gasteiger partial charge < -0.3 is 14.0 Å². The molecule has 15 heavy (non-hydrogen) atoms. The second kappa shape index (κ2) is 8.72. The molecule has 0 heterocycles. The first kappa shape index (κ1) is 14.4. The van der Waals surface area contributed by atoms with Crippen molar-refractivity contribution in [1.29, 1.82) is 0 Å². The van der Waals surface area contributed by atoms with E-state index in [1.165, 1.54) is 0 Å². The molecule has 0 bridgehead atoms. The minimum Gasteiger partial charge on any atom is -0.382 e. The molecule has 0 aromatic carbocycles. The average Bonchev–Trinajstić information content (AvgIpc) is 2.27. The fourth-order valence-electron chi connectivity index (χ4n) is 1.01. The molecular weight excluding hydrogens is 190 g/mol. The van der Waals surface area contributed by atoms with Crippen molar-refractivity contribution in [2.75, 3.05) is 53.6 Å². The van der Waals surface area contributed by atoms with Crippen LogP contribution in [-0.2, 0) is 9.47 Å². The van der Waals surface area contributed by atoms with Crippen LogP contribution in [0.1, 0.15) is 13.8 Å². The summed E-state index contributed by atoms with van der Waals surface area (Å²) in [4.78, 5) is 0. The van der Waals surface area contributed by atoms with Gasteiger partial charge in [0.2, 0.25) is 0 Å². The lowest BCUT2D eigenvalue weighted by atomic mass is 10.4. The Morgan fingerprint density at radius 3 is 2.27 bits per heavy atom. The van der Waals surface area contributed by atoms with Crippen LogP contribution in [-0.4, -0.2) is 58.1 Å². The van der Waals surface area contributed by atoms with E-state index in [1.807, 2.05) is 0 Å². The largest absolute Gasteiger partial charge is 0.382 e. The van der Waals surface area contributed by atoms with Gasteiger partial charge in [-0.05, 0) is 19.8 Å². The third-order valence-electron chi connectivity index (χ3n) is 2.72. The summed E-state index contributed by atoms with van der Waals surface area (Å²) in [5.74, 6) is 6.19. The van der Waals surface area contributed by atoms with Crippen molar-refractivity contribution in [3.63, 3.8) is 0 Å². The maximum atomic E-state index is 5.25. The summed E-state index contributed by atoms with van der Waals surface area (Å²) in [7, 11) is 3.89. The molecule has 0 N–H and O–H groups in total. The first-order valence-corrected chi connectivity index (χ1v) is 5.54. The van der Waals surface area contributed by atoms with E-state index in [2.05, 4.69) is 32.7 Å². The van der Waals surface area contributed by atoms with Gasteiger partial charge in [-0.2, -0.15) is 0 Å². The van der Waals surface area contributed by atoms with E-state index in [9.17, 15) is 0 Å². The van der Waals surface area contributed by atoms with Crippen molar-refractivity contribution in [2.45, 2.75) is 13.8 Å². The topological polar surface area (TPSA) is 18.5 Å². The molecule has 0 aliphatic heterocycles. The molecule has 3 nitrogen and oxygen atoms in total. The predicted molar refractivity (Wildman–Crippen MR) is 62.6 cm³/mol. The molecule has 0 aromatic heterocycles. The SMILES string of the molecule is CC[N+](C)(CC)CC#CCOCCOC. The molecule has 0 saturated carbocycles. The van der Waals surface area contributed by atoms with Gasteiger partial charge in [0, 0.05) is 7.11 Å². The average molecular weight is 214 g/mol. The molecule has 0 radical (unpaired) electrons. The zero-order valence-corrected chi connectivity index (χ0v) is 10.5. The predicted octanol–water partition coefficient (Wildman–Crippen LogP) is 1.14. The fourth-order valence-corrected chi connectivity index (χ4v) is 1.01. The van der Waals surface area contributed by atoms with Crippen molar-refractivity contribution >= 4 is 0 Å². The Balaban J connectivity index is 3.60. The minimum absolute atomic E-state index is 0.511. The molecule has 0 unspecified atom stereocenters. The van der Waals surface area contributed by atoms with Gasteiger partial charge in [0.15, 0.2) is 0 Å². The third kappa shape index (κ3) is 7.38. The molecule has 3 heteroatoms. The number of hydrogen-bond donors (Lipinski definition) is 0. The van der Waals surface area contributed by atoms with E-state index >= 15 is 0 Å². The Morgan fingerprint density at radius 1 is 1.07 bits per heavy atom. The van der Waals surface area contributed by atoms with E-state index in [-0.39, 0.29) is 0 Å². The Morgan fingerprint density at radius 2 is 1.73 bits per heavy atom. The van der Waals surface area contributed by atoms with E-state index in [1.54, 1.807) is 7.11 Å². The highest BCUT2D eigenvalue weighted by atomic mass is 16.5. The van der Waals surface area contributed by atoms with Crippen LogP contribution in [0.2, 0.25) is 0 Å². The molecular formula is C12H24NO2+. The van der Waals surface area contributed by atoms with Crippen LogP contribution < -0.4 is 0 Å². The molecule has 0 amide bonds. The molecule has 88 valence electrons. The second-order valence-electron chi connectivity index (χ2n) is 3.81. The van der Waals surface area contributed by atoms with Gasteiger partial charge in [0.1, 0.15) is 13.2 Å². The summed E-state index contributed by atoms with van der Waals surface area (Å²) in [6.45, 7) is 9.31. The van der Waals surface area contributed by atoms with Crippen LogP contribution >= 0.6 is 0 Å². The molecule has 0 spiro atoms. The van der Waals surface area contributed by atoms with Gasteiger partial charge >= 0.3 is 0 Å². The third-order valence-corrected chi connectivity index (χ3v) is 2.72. The van der Waals surface area contributed by atoms with E-state index in [4.69, 9.17) is 9.47 Å². The first-order chi connectivity index (χ1) is 7.18. The van der Waals surface area contributed by atoms with Crippen LogP contribution in [0.4, 0.5) is 0 Å². The van der Waals surface area contributed by atoms with Crippen LogP contribution in [0, 0.1) is 11.8 Å². The summed E-state index contributed by atoms with van der Waals surface area (Å²) in [5, 5.41) is 0. The zero-order chi connectivity index (χ0) is 11.6. The van der Waals surface area contributed by atoms with Crippen LogP contribution in [0.3, 0.4) is 0 Å².